The lowest BCUT2D eigenvalue weighted by Crippen LogP contribution is -2.41. The predicted octanol–water partition coefficient (Wildman–Crippen LogP) is 2.73. The summed E-state index contributed by atoms with van der Waals surface area (Å²) in [5.74, 6) is -0.721. The summed E-state index contributed by atoms with van der Waals surface area (Å²) >= 11 is 0. The van der Waals surface area contributed by atoms with Crippen molar-refractivity contribution in [3.05, 3.63) is 59.4 Å². The first-order valence-electron chi connectivity index (χ1n) is 7.38. The summed E-state index contributed by atoms with van der Waals surface area (Å²) in [4.78, 5) is 28.5. The Hall–Kier alpha value is -3.20. The van der Waals surface area contributed by atoms with Gasteiger partial charge in [-0.1, -0.05) is 6.07 Å². The summed E-state index contributed by atoms with van der Waals surface area (Å²) in [5.41, 5.74) is 1.05. The van der Waals surface area contributed by atoms with E-state index in [1.807, 2.05) is 26.8 Å². The van der Waals surface area contributed by atoms with Crippen molar-refractivity contribution in [3.63, 3.8) is 0 Å². The zero-order chi connectivity index (χ0) is 17.7. The van der Waals surface area contributed by atoms with Gasteiger partial charge >= 0.3 is 0 Å². The minimum atomic E-state index is -0.394. The number of pyridine rings is 1. The third-order valence-electron chi connectivity index (χ3n) is 2.99. The van der Waals surface area contributed by atoms with Crippen LogP contribution in [-0.4, -0.2) is 22.3 Å². The highest BCUT2D eigenvalue weighted by Crippen LogP contribution is 2.12. The number of hydrogen-bond donors (Lipinski definition) is 2. The van der Waals surface area contributed by atoms with Crippen molar-refractivity contribution in [1.29, 1.82) is 5.26 Å². The standard InChI is InChI=1S/C18H18N4O2/c1-18(2,3)22-17(24)15-10-13(7-8-20-15)16(23)21-14-6-4-5-12(9-14)11-19/h4-10H,1-3H3,(H,21,23)(H,22,24). The molecule has 1 heterocycles. The second-order valence-electron chi connectivity index (χ2n) is 6.28. The van der Waals surface area contributed by atoms with Crippen LogP contribution < -0.4 is 10.6 Å². The zero-order valence-corrected chi connectivity index (χ0v) is 13.8. The Bertz CT molecular complexity index is 816. The van der Waals surface area contributed by atoms with Crippen molar-refractivity contribution in [2.45, 2.75) is 26.3 Å². The van der Waals surface area contributed by atoms with Crippen molar-refractivity contribution in [1.82, 2.24) is 10.3 Å². The molecule has 122 valence electrons. The molecule has 2 amide bonds. The van der Waals surface area contributed by atoms with Gasteiger partial charge in [0, 0.05) is 23.0 Å². The van der Waals surface area contributed by atoms with E-state index in [0.717, 1.165) is 0 Å². The summed E-state index contributed by atoms with van der Waals surface area (Å²) in [6, 6.07) is 11.6. The number of aromatic nitrogens is 1. The van der Waals surface area contributed by atoms with E-state index < -0.39 is 5.54 Å². The Labute approximate surface area is 140 Å². The molecule has 0 saturated carbocycles. The number of nitrogens with zero attached hydrogens (tertiary/aromatic N) is 2. The van der Waals surface area contributed by atoms with Crippen LogP contribution in [-0.2, 0) is 0 Å². The van der Waals surface area contributed by atoms with E-state index in [0.29, 0.717) is 16.8 Å². The summed E-state index contributed by atoms with van der Waals surface area (Å²) in [5, 5.41) is 14.4. The molecule has 0 atom stereocenters. The van der Waals surface area contributed by atoms with Crippen LogP contribution in [0.4, 0.5) is 5.69 Å². The largest absolute Gasteiger partial charge is 0.346 e. The number of carbonyl (C=O) groups is 2. The summed E-state index contributed by atoms with van der Waals surface area (Å²) in [6.45, 7) is 5.59. The fourth-order valence-electron chi connectivity index (χ4n) is 1.97. The molecule has 0 bridgehead atoms. The van der Waals surface area contributed by atoms with Crippen LogP contribution >= 0.6 is 0 Å². The van der Waals surface area contributed by atoms with Crippen LogP contribution in [0.15, 0.2) is 42.6 Å². The van der Waals surface area contributed by atoms with Gasteiger partial charge in [-0.3, -0.25) is 14.6 Å². The molecule has 0 aliphatic rings. The number of nitriles is 1. The van der Waals surface area contributed by atoms with Crippen molar-refractivity contribution in [3.8, 4) is 6.07 Å². The molecule has 2 rings (SSSR count). The van der Waals surface area contributed by atoms with Crippen molar-refractivity contribution < 1.29 is 9.59 Å². The van der Waals surface area contributed by atoms with Gasteiger partial charge < -0.3 is 10.6 Å². The van der Waals surface area contributed by atoms with Crippen LogP contribution in [0.3, 0.4) is 0 Å². The van der Waals surface area contributed by atoms with Crippen LogP contribution in [0.1, 0.15) is 47.2 Å². The smallest absolute Gasteiger partial charge is 0.270 e. The number of amides is 2. The fourth-order valence-corrected chi connectivity index (χ4v) is 1.97. The van der Waals surface area contributed by atoms with Gasteiger partial charge in [-0.25, -0.2) is 0 Å². The molecule has 0 fully saturated rings. The Kier molecular flexibility index (Phi) is 4.95. The Morgan fingerprint density at radius 3 is 2.54 bits per heavy atom. The molecule has 24 heavy (non-hydrogen) atoms. The number of benzene rings is 1. The summed E-state index contributed by atoms with van der Waals surface area (Å²) < 4.78 is 0. The minimum Gasteiger partial charge on any atom is -0.346 e. The van der Waals surface area contributed by atoms with E-state index in [4.69, 9.17) is 5.26 Å². The predicted molar refractivity (Wildman–Crippen MR) is 90.6 cm³/mol. The molecule has 6 nitrogen and oxygen atoms in total. The van der Waals surface area contributed by atoms with Gasteiger partial charge in [0.2, 0.25) is 0 Å². The minimum absolute atomic E-state index is 0.170. The lowest BCUT2D eigenvalue weighted by molar-refractivity contribution is 0.0914. The van der Waals surface area contributed by atoms with E-state index >= 15 is 0 Å². The number of hydrogen-bond acceptors (Lipinski definition) is 4. The van der Waals surface area contributed by atoms with E-state index in [1.165, 1.54) is 18.3 Å². The third-order valence-corrected chi connectivity index (χ3v) is 2.99. The summed E-state index contributed by atoms with van der Waals surface area (Å²) in [6.07, 6.45) is 1.41. The number of nitrogens with one attached hydrogen (secondary N) is 2. The van der Waals surface area contributed by atoms with E-state index in [-0.39, 0.29) is 17.5 Å². The zero-order valence-electron chi connectivity index (χ0n) is 13.8. The highest BCUT2D eigenvalue weighted by molar-refractivity contribution is 6.05. The molecule has 0 saturated heterocycles. The van der Waals surface area contributed by atoms with Gasteiger partial charge in [0.15, 0.2) is 0 Å². The number of anilines is 1. The number of rotatable bonds is 3. The molecule has 1 aromatic heterocycles. The first kappa shape index (κ1) is 17.2. The quantitative estimate of drug-likeness (QED) is 0.908. The second kappa shape index (κ2) is 6.92. The van der Waals surface area contributed by atoms with Crippen LogP contribution in [0.25, 0.3) is 0 Å². The monoisotopic (exact) mass is 322 g/mol. The molecular formula is C18H18N4O2. The maximum atomic E-state index is 12.3. The molecule has 0 unspecified atom stereocenters. The normalized spacial score (nSPS) is 10.6. The van der Waals surface area contributed by atoms with Gasteiger partial charge in [-0.2, -0.15) is 5.26 Å². The molecule has 2 N–H and O–H groups in total. The first-order valence-corrected chi connectivity index (χ1v) is 7.38. The van der Waals surface area contributed by atoms with Crippen LogP contribution in [0.2, 0.25) is 0 Å². The van der Waals surface area contributed by atoms with Gasteiger partial charge in [0.05, 0.1) is 11.6 Å². The second-order valence-corrected chi connectivity index (χ2v) is 6.28. The van der Waals surface area contributed by atoms with Crippen molar-refractivity contribution >= 4 is 17.5 Å². The van der Waals surface area contributed by atoms with Gasteiger partial charge in [0.1, 0.15) is 5.69 Å². The third kappa shape index (κ3) is 4.65. The molecule has 0 spiro atoms. The van der Waals surface area contributed by atoms with Crippen LogP contribution in [0, 0.1) is 11.3 Å². The van der Waals surface area contributed by atoms with E-state index in [9.17, 15) is 9.59 Å². The topological polar surface area (TPSA) is 94.9 Å². The van der Waals surface area contributed by atoms with Crippen LogP contribution in [0.5, 0.6) is 0 Å². The highest BCUT2D eigenvalue weighted by atomic mass is 16.2. The van der Waals surface area contributed by atoms with E-state index in [1.54, 1.807) is 24.3 Å². The van der Waals surface area contributed by atoms with Gasteiger partial charge in [-0.15, -0.1) is 0 Å². The fraction of sp³-hybridized carbons (Fsp3) is 0.222. The lowest BCUT2D eigenvalue weighted by Gasteiger charge is -2.20. The van der Waals surface area contributed by atoms with Gasteiger partial charge in [0.25, 0.3) is 11.8 Å². The average molecular weight is 322 g/mol. The molecule has 1 aromatic carbocycles. The Morgan fingerprint density at radius 1 is 1.12 bits per heavy atom. The maximum absolute atomic E-state index is 12.3. The molecule has 6 heteroatoms. The SMILES string of the molecule is CC(C)(C)NC(=O)c1cc(C(=O)Nc2cccc(C#N)c2)ccn1. The molecule has 0 aliphatic heterocycles. The van der Waals surface area contributed by atoms with Gasteiger partial charge in [-0.05, 0) is 51.1 Å². The van der Waals surface area contributed by atoms with Crippen molar-refractivity contribution in [2.75, 3.05) is 5.32 Å². The number of carbonyl (C=O) groups excluding carboxylic acids is 2. The highest BCUT2D eigenvalue weighted by Gasteiger charge is 2.17. The first-order chi connectivity index (χ1) is 11.3. The molecule has 0 radical (unpaired) electrons. The Morgan fingerprint density at radius 2 is 1.88 bits per heavy atom. The molecule has 0 aliphatic carbocycles. The van der Waals surface area contributed by atoms with Crippen molar-refractivity contribution in [2.24, 2.45) is 0 Å². The lowest BCUT2D eigenvalue weighted by atomic mass is 10.1. The average Bonchev–Trinajstić information content (AvgIpc) is 2.53. The summed E-state index contributed by atoms with van der Waals surface area (Å²) in [7, 11) is 0. The molecule has 2 aromatic rings. The Balaban J connectivity index is 2.17. The maximum Gasteiger partial charge on any atom is 0.270 e. The van der Waals surface area contributed by atoms with E-state index in [2.05, 4.69) is 15.6 Å². The molecular weight excluding hydrogens is 304 g/mol.